The lowest BCUT2D eigenvalue weighted by Crippen LogP contribution is -2.52. The predicted molar refractivity (Wildman–Crippen MR) is 111 cm³/mol. The molecule has 30 heavy (non-hydrogen) atoms. The van der Waals surface area contributed by atoms with Gasteiger partial charge in [0.1, 0.15) is 6.04 Å². The van der Waals surface area contributed by atoms with Gasteiger partial charge >= 0.3 is 5.97 Å². The van der Waals surface area contributed by atoms with E-state index in [-0.39, 0.29) is 24.7 Å². The minimum atomic E-state index is -0.733. The van der Waals surface area contributed by atoms with Crippen LogP contribution >= 0.6 is 0 Å². The molecule has 7 heteroatoms. The largest absolute Gasteiger partial charge is 0.481 e. The second kappa shape index (κ2) is 10.2. The molecule has 1 unspecified atom stereocenters. The fourth-order valence-corrected chi connectivity index (χ4v) is 4.04. The first kappa shape index (κ1) is 21.7. The average molecular weight is 412 g/mol. The lowest BCUT2D eigenvalue weighted by Gasteiger charge is -2.29. The topological polar surface area (TPSA) is 104 Å². The van der Waals surface area contributed by atoms with E-state index in [0.29, 0.717) is 18.5 Å². The Morgan fingerprint density at radius 2 is 1.90 bits per heavy atom. The van der Waals surface area contributed by atoms with Gasteiger partial charge in [0.25, 0.3) is 5.91 Å². The van der Waals surface area contributed by atoms with Crippen LogP contribution in [-0.2, 0) is 20.9 Å². The lowest BCUT2D eigenvalue weighted by molar-refractivity contribution is -0.138. The number of rotatable bonds is 10. The number of hydrogen-bond donors (Lipinski definition) is 2. The van der Waals surface area contributed by atoms with E-state index in [9.17, 15) is 19.2 Å². The third-order valence-electron chi connectivity index (χ3n) is 5.68. The molecule has 3 amide bonds. The minimum Gasteiger partial charge on any atom is -0.481 e. The van der Waals surface area contributed by atoms with Crippen LogP contribution in [0, 0.1) is 0 Å². The molecule has 1 saturated heterocycles. The summed E-state index contributed by atoms with van der Waals surface area (Å²) in [5.74, 6) is -1.57. The van der Waals surface area contributed by atoms with Gasteiger partial charge < -0.3 is 10.0 Å². The third kappa shape index (κ3) is 5.34. The summed E-state index contributed by atoms with van der Waals surface area (Å²) >= 11 is 0. The fraction of sp³-hybridized carbons (Fsp3) is 0.478. The molecule has 0 spiro atoms. The first-order chi connectivity index (χ1) is 14.5. The number of carboxylic acid groups (broad SMARTS) is 1. The summed E-state index contributed by atoms with van der Waals surface area (Å²) in [4.78, 5) is 48.4. The molecular formula is C23H28N2O5. The highest BCUT2D eigenvalue weighted by molar-refractivity contribution is 6.05. The summed E-state index contributed by atoms with van der Waals surface area (Å²) in [6, 6.07) is 5.02. The normalized spacial score (nSPS) is 18.7. The zero-order valence-electron chi connectivity index (χ0n) is 17.1. The van der Waals surface area contributed by atoms with Crippen LogP contribution in [0.15, 0.2) is 24.3 Å². The van der Waals surface area contributed by atoms with Crippen molar-refractivity contribution in [3.8, 4) is 0 Å². The number of fused-ring (bicyclic) bond motifs is 1. The summed E-state index contributed by atoms with van der Waals surface area (Å²) in [6.45, 7) is 0.379. The van der Waals surface area contributed by atoms with Crippen LogP contribution in [0.5, 0.6) is 0 Å². The number of aliphatic carboxylic acids is 1. The van der Waals surface area contributed by atoms with Gasteiger partial charge in [-0.15, -0.1) is 0 Å². The van der Waals surface area contributed by atoms with Crippen LogP contribution in [0.4, 0.5) is 0 Å². The molecule has 1 fully saturated rings. The number of unbranched alkanes of at least 4 members (excludes halogenated alkanes) is 5. The molecule has 3 rings (SSSR count). The number of nitrogens with one attached hydrogen (secondary N) is 1. The SMILES string of the molecule is O=C(O)CCCCCCCC=Cc1cccc2c1CN(C1CCC(=O)NC1=O)C2=O. The number of amides is 3. The van der Waals surface area contributed by atoms with Gasteiger partial charge in [0.15, 0.2) is 0 Å². The smallest absolute Gasteiger partial charge is 0.303 e. The molecule has 0 radical (unpaired) electrons. The maximum Gasteiger partial charge on any atom is 0.303 e. The van der Waals surface area contributed by atoms with Crippen molar-refractivity contribution in [2.75, 3.05) is 0 Å². The number of nitrogens with zero attached hydrogens (tertiary/aromatic N) is 1. The molecule has 0 aliphatic carbocycles. The molecule has 2 aliphatic heterocycles. The van der Waals surface area contributed by atoms with Crippen LogP contribution in [0.1, 0.15) is 79.3 Å². The van der Waals surface area contributed by atoms with Crippen molar-refractivity contribution in [3.63, 3.8) is 0 Å². The van der Waals surface area contributed by atoms with Gasteiger partial charge in [-0.1, -0.05) is 43.5 Å². The maximum absolute atomic E-state index is 12.8. The highest BCUT2D eigenvalue weighted by atomic mass is 16.4. The second-order valence-electron chi connectivity index (χ2n) is 7.88. The van der Waals surface area contributed by atoms with Crippen LogP contribution in [-0.4, -0.2) is 39.7 Å². The monoisotopic (exact) mass is 412 g/mol. The molecule has 2 heterocycles. The van der Waals surface area contributed by atoms with Crippen molar-refractivity contribution >= 4 is 29.8 Å². The molecule has 1 aromatic carbocycles. The number of hydrogen-bond acceptors (Lipinski definition) is 4. The Morgan fingerprint density at radius 1 is 1.13 bits per heavy atom. The van der Waals surface area contributed by atoms with Gasteiger partial charge in [0, 0.05) is 24.9 Å². The highest BCUT2D eigenvalue weighted by Crippen LogP contribution is 2.30. The van der Waals surface area contributed by atoms with Gasteiger partial charge in [0.2, 0.25) is 11.8 Å². The van der Waals surface area contributed by atoms with Crippen molar-refractivity contribution < 1.29 is 24.3 Å². The van der Waals surface area contributed by atoms with Crippen molar-refractivity contribution in [2.24, 2.45) is 0 Å². The first-order valence-corrected chi connectivity index (χ1v) is 10.6. The van der Waals surface area contributed by atoms with Crippen molar-refractivity contribution in [1.82, 2.24) is 10.2 Å². The maximum atomic E-state index is 12.8. The summed E-state index contributed by atoms with van der Waals surface area (Å²) in [6.07, 6.45) is 10.7. The standard InChI is InChI=1S/C23H28N2O5/c26-20-14-13-19(22(29)24-20)25-15-18-16(10-8-11-17(18)23(25)30)9-6-4-2-1-3-5-7-12-21(27)28/h6,8-11,19H,1-5,7,12-15H2,(H,27,28)(H,24,26,29). The molecule has 160 valence electrons. The van der Waals surface area contributed by atoms with Crippen LogP contribution in [0.25, 0.3) is 6.08 Å². The molecular weight excluding hydrogens is 384 g/mol. The summed E-state index contributed by atoms with van der Waals surface area (Å²) in [5.41, 5.74) is 2.54. The zero-order chi connectivity index (χ0) is 21.5. The molecule has 7 nitrogen and oxygen atoms in total. The summed E-state index contributed by atoms with van der Waals surface area (Å²) < 4.78 is 0. The zero-order valence-corrected chi connectivity index (χ0v) is 17.1. The number of carbonyl (C=O) groups is 4. The third-order valence-corrected chi connectivity index (χ3v) is 5.68. The number of allylic oxidation sites excluding steroid dienone is 1. The Bertz CT molecular complexity index is 861. The highest BCUT2D eigenvalue weighted by Gasteiger charge is 2.39. The Morgan fingerprint density at radius 3 is 2.67 bits per heavy atom. The van der Waals surface area contributed by atoms with Crippen molar-refractivity contribution in [2.45, 2.75) is 70.4 Å². The molecule has 0 aromatic heterocycles. The molecule has 1 aromatic rings. The van der Waals surface area contributed by atoms with Crippen molar-refractivity contribution in [1.29, 1.82) is 0 Å². The van der Waals surface area contributed by atoms with Gasteiger partial charge in [-0.25, -0.2) is 0 Å². The summed E-state index contributed by atoms with van der Waals surface area (Å²) in [5, 5.41) is 11.0. The van der Waals surface area contributed by atoms with Crippen LogP contribution < -0.4 is 5.32 Å². The fourth-order valence-electron chi connectivity index (χ4n) is 4.04. The second-order valence-corrected chi connectivity index (χ2v) is 7.88. The number of carboxylic acids is 1. The van der Waals surface area contributed by atoms with E-state index in [0.717, 1.165) is 49.7 Å². The number of benzene rings is 1. The van der Waals surface area contributed by atoms with E-state index in [1.165, 1.54) is 0 Å². The molecule has 1 atom stereocenters. The van der Waals surface area contributed by atoms with Crippen LogP contribution in [0.3, 0.4) is 0 Å². The number of piperidine rings is 1. The number of imide groups is 1. The van der Waals surface area contributed by atoms with E-state index in [4.69, 9.17) is 5.11 Å². The van der Waals surface area contributed by atoms with Gasteiger partial charge in [-0.05, 0) is 42.9 Å². The van der Waals surface area contributed by atoms with E-state index in [1.807, 2.05) is 18.2 Å². The Hall–Kier alpha value is -2.96. The molecule has 0 saturated carbocycles. The van der Waals surface area contributed by atoms with Gasteiger partial charge in [-0.2, -0.15) is 0 Å². The Balaban J connectivity index is 1.52. The van der Waals surface area contributed by atoms with E-state index in [2.05, 4.69) is 11.4 Å². The molecule has 0 bridgehead atoms. The van der Waals surface area contributed by atoms with Gasteiger partial charge in [0.05, 0.1) is 0 Å². The van der Waals surface area contributed by atoms with E-state index in [1.54, 1.807) is 11.0 Å². The lowest BCUT2D eigenvalue weighted by atomic mass is 10.0. The minimum absolute atomic E-state index is 0.156. The summed E-state index contributed by atoms with van der Waals surface area (Å²) in [7, 11) is 0. The Labute approximate surface area is 176 Å². The first-order valence-electron chi connectivity index (χ1n) is 10.6. The van der Waals surface area contributed by atoms with Crippen molar-refractivity contribution in [3.05, 3.63) is 41.0 Å². The van der Waals surface area contributed by atoms with Gasteiger partial charge in [-0.3, -0.25) is 24.5 Å². The van der Waals surface area contributed by atoms with E-state index < -0.39 is 17.9 Å². The van der Waals surface area contributed by atoms with Crippen LogP contribution in [0.2, 0.25) is 0 Å². The molecule has 2 aliphatic rings. The average Bonchev–Trinajstić information content (AvgIpc) is 3.04. The number of carbonyl (C=O) groups excluding carboxylic acids is 3. The molecule has 2 N–H and O–H groups in total. The van der Waals surface area contributed by atoms with E-state index >= 15 is 0 Å². The quantitative estimate of drug-likeness (QED) is 0.453. The Kier molecular flexibility index (Phi) is 7.38. The predicted octanol–water partition coefficient (Wildman–Crippen LogP) is 3.28.